The lowest BCUT2D eigenvalue weighted by Crippen LogP contribution is -2.28. The highest BCUT2D eigenvalue weighted by molar-refractivity contribution is 7.11. The summed E-state index contributed by atoms with van der Waals surface area (Å²) in [5, 5.41) is 5.65. The van der Waals surface area contributed by atoms with Crippen molar-refractivity contribution >= 4 is 52.2 Å². The molecule has 0 radical (unpaired) electrons. The summed E-state index contributed by atoms with van der Waals surface area (Å²) >= 11 is 12.7. The summed E-state index contributed by atoms with van der Waals surface area (Å²) in [6.07, 6.45) is 2.50. The van der Waals surface area contributed by atoms with E-state index in [9.17, 15) is 9.59 Å². The van der Waals surface area contributed by atoms with E-state index in [4.69, 9.17) is 23.2 Å². The van der Waals surface area contributed by atoms with E-state index in [2.05, 4.69) is 19.9 Å². The molecule has 0 aliphatic heterocycles. The number of hydrogen-bond donors (Lipinski definition) is 2. The van der Waals surface area contributed by atoms with Gasteiger partial charge in [0.25, 0.3) is 11.8 Å². The molecule has 2 heterocycles. The maximum absolute atomic E-state index is 12.2. The van der Waals surface area contributed by atoms with E-state index < -0.39 is 5.91 Å². The smallest absolute Gasteiger partial charge is 0.277 e. The SMILES string of the molecule is CN(C)CCCNC(=O)c1cc(NC(=O)c2nsc(Cl)c2Cl)cn1C. The van der Waals surface area contributed by atoms with Crippen LogP contribution in [0.1, 0.15) is 27.4 Å². The molecule has 0 aliphatic rings. The number of aryl methyl sites for hydroxylation is 1. The third kappa shape index (κ3) is 5.18. The Morgan fingerprint density at radius 2 is 2.04 bits per heavy atom. The first-order valence-electron chi connectivity index (χ1n) is 7.51. The van der Waals surface area contributed by atoms with E-state index in [1.165, 1.54) is 0 Å². The molecule has 0 aromatic carbocycles. The van der Waals surface area contributed by atoms with Crippen molar-refractivity contribution in [2.75, 3.05) is 32.5 Å². The number of hydrogen-bond acceptors (Lipinski definition) is 5. The fraction of sp³-hybridized carbons (Fsp3) is 0.400. The summed E-state index contributed by atoms with van der Waals surface area (Å²) in [4.78, 5) is 26.5. The molecule has 7 nitrogen and oxygen atoms in total. The quantitative estimate of drug-likeness (QED) is 0.696. The molecule has 0 saturated heterocycles. The van der Waals surface area contributed by atoms with Gasteiger partial charge in [-0.05, 0) is 44.7 Å². The second kappa shape index (κ2) is 8.66. The third-order valence-electron chi connectivity index (χ3n) is 3.38. The molecule has 25 heavy (non-hydrogen) atoms. The number of rotatable bonds is 7. The van der Waals surface area contributed by atoms with Crippen LogP contribution in [0.15, 0.2) is 12.3 Å². The zero-order valence-corrected chi connectivity index (χ0v) is 16.4. The lowest BCUT2D eigenvalue weighted by Gasteiger charge is -2.10. The van der Waals surface area contributed by atoms with Crippen LogP contribution >= 0.6 is 34.7 Å². The van der Waals surface area contributed by atoms with Gasteiger partial charge in [0.2, 0.25) is 0 Å². The Bertz CT molecular complexity index is 772. The summed E-state index contributed by atoms with van der Waals surface area (Å²) < 4.78 is 5.82. The first-order valence-corrected chi connectivity index (χ1v) is 9.04. The van der Waals surface area contributed by atoms with Gasteiger partial charge in [0, 0.05) is 19.8 Å². The minimum Gasteiger partial charge on any atom is -0.351 e. The van der Waals surface area contributed by atoms with E-state index in [0.29, 0.717) is 17.9 Å². The maximum Gasteiger partial charge on any atom is 0.277 e. The number of carbonyl (C=O) groups excluding carboxylic acids is 2. The Kier molecular flexibility index (Phi) is 6.83. The average molecular weight is 404 g/mol. The van der Waals surface area contributed by atoms with E-state index in [1.807, 2.05) is 14.1 Å². The molecule has 0 atom stereocenters. The number of carbonyl (C=O) groups is 2. The highest BCUT2D eigenvalue weighted by Crippen LogP contribution is 2.30. The summed E-state index contributed by atoms with van der Waals surface area (Å²) in [5.41, 5.74) is 0.990. The number of halogens is 2. The Labute approximate surface area is 160 Å². The molecule has 2 aromatic rings. The molecule has 136 valence electrons. The second-order valence-corrected chi connectivity index (χ2v) is 7.46. The van der Waals surface area contributed by atoms with Crippen LogP contribution in [-0.4, -0.2) is 52.8 Å². The van der Waals surface area contributed by atoms with Gasteiger partial charge in [-0.3, -0.25) is 9.59 Å². The molecule has 0 aliphatic carbocycles. The summed E-state index contributed by atoms with van der Waals surface area (Å²) in [5.74, 6) is -0.673. The van der Waals surface area contributed by atoms with Crippen molar-refractivity contribution in [2.24, 2.45) is 7.05 Å². The van der Waals surface area contributed by atoms with Gasteiger partial charge in [-0.1, -0.05) is 23.2 Å². The zero-order valence-electron chi connectivity index (χ0n) is 14.1. The molecule has 2 rings (SSSR count). The maximum atomic E-state index is 12.2. The Hall–Kier alpha value is -1.61. The first kappa shape index (κ1) is 19.7. The summed E-state index contributed by atoms with van der Waals surface area (Å²) in [6.45, 7) is 1.47. The third-order valence-corrected chi connectivity index (χ3v) is 4.99. The van der Waals surface area contributed by atoms with Gasteiger partial charge < -0.3 is 20.1 Å². The van der Waals surface area contributed by atoms with Gasteiger partial charge in [-0.15, -0.1) is 0 Å². The molecule has 0 spiro atoms. The van der Waals surface area contributed by atoms with Gasteiger partial charge in [-0.2, -0.15) is 4.37 Å². The van der Waals surface area contributed by atoms with Crippen molar-refractivity contribution in [3.05, 3.63) is 33.0 Å². The van der Waals surface area contributed by atoms with Crippen LogP contribution in [0.25, 0.3) is 0 Å². The molecule has 2 aromatic heterocycles. The van der Waals surface area contributed by atoms with Crippen LogP contribution in [-0.2, 0) is 7.05 Å². The van der Waals surface area contributed by atoms with E-state index in [1.54, 1.807) is 23.9 Å². The minimum absolute atomic E-state index is 0.0650. The summed E-state index contributed by atoms with van der Waals surface area (Å²) in [6, 6.07) is 1.60. The molecule has 0 fully saturated rings. The van der Waals surface area contributed by atoms with Crippen molar-refractivity contribution in [1.82, 2.24) is 19.2 Å². The number of nitrogens with zero attached hydrogens (tertiary/aromatic N) is 3. The number of aromatic nitrogens is 2. The van der Waals surface area contributed by atoms with Gasteiger partial charge in [-0.25, -0.2) is 0 Å². The molecule has 0 bridgehead atoms. The minimum atomic E-state index is -0.475. The predicted octanol–water partition coefficient (Wildman–Crippen LogP) is 2.72. The summed E-state index contributed by atoms with van der Waals surface area (Å²) in [7, 11) is 5.70. The van der Waals surface area contributed by atoms with Crippen LogP contribution in [0, 0.1) is 0 Å². The predicted molar refractivity (Wildman–Crippen MR) is 101 cm³/mol. The van der Waals surface area contributed by atoms with Crippen molar-refractivity contribution in [1.29, 1.82) is 0 Å². The number of nitrogens with one attached hydrogen (secondary N) is 2. The van der Waals surface area contributed by atoms with Crippen molar-refractivity contribution in [3.8, 4) is 0 Å². The van der Waals surface area contributed by atoms with Crippen LogP contribution in [0.4, 0.5) is 5.69 Å². The van der Waals surface area contributed by atoms with Crippen molar-refractivity contribution in [2.45, 2.75) is 6.42 Å². The molecule has 2 N–H and O–H groups in total. The van der Waals surface area contributed by atoms with Crippen molar-refractivity contribution < 1.29 is 9.59 Å². The standard InChI is InChI=1S/C15H19Cl2N5O2S/c1-21(2)6-4-5-18-14(23)10-7-9(8-22(10)3)19-15(24)12-11(16)13(17)25-20-12/h7-8H,4-6H2,1-3H3,(H,18,23)(H,19,24). The molecule has 10 heteroatoms. The largest absolute Gasteiger partial charge is 0.351 e. The molecule has 0 unspecified atom stereocenters. The Morgan fingerprint density at radius 1 is 1.32 bits per heavy atom. The zero-order chi connectivity index (χ0) is 18.6. The monoisotopic (exact) mass is 403 g/mol. The van der Waals surface area contributed by atoms with Gasteiger partial charge >= 0.3 is 0 Å². The van der Waals surface area contributed by atoms with Crippen molar-refractivity contribution in [3.63, 3.8) is 0 Å². The highest BCUT2D eigenvalue weighted by atomic mass is 35.5. The average Bonchev–Trinajstić information content (AvgIpc) is 3.06. The van der Waals surface area contributed by atoms with Crippen LogP contribution in [0.3, 0.4) is 0 Å². The van der Waals surface area contributed by atoms with Gasteiger partial charge in [0.05, 0.1) is 5.69 Å². The lowest BCUT2D eigenvalue weighted by molar-refractivity contribution is 0.0943. The second-order valence-electron chi connectivity index (χ2n) is 5.71. The van der Waals surface area contributed by atoms with E-state index >= 15 is 0 Å². The fourth-order valence-corrected chi connectivity index (χ4v) is 3.13. The van der Waals surface area contributed by atoms with Crippen LogP contribution < -0.4 is 10.6 Å². The number of amides is 2. The fourth-order valence-electron chi connectivity index (χ4n) is 2.14. The highest BCUT2D eigenvalue weighted by Gasteiger charge is 2.19. The normalized spacial score (nSPS) is 11.0. The first-order chi connectivity index (χ1) is 11.8. The Balaban J connectivity index is 1.98. The lowest BCUT2D eigenvalue weighted by atomic mass is 10.3. The van der Waals surface area contributed by atoms with Gasteiger partial charge in [0.1, 0.15) is 15.1 Å². The Morgan fingerprint density at radius 3 is 2.64 bits per heavy atom. The molecule has 0 saturated carbocycles. The van der Waals surface area contributed by atoms with Crippen LogP contribution in [0.5, 0.6) is 0 Å². The molecular weight excluding hydrogens is 385 g/mol. The van der Waals surface area contributed by atoms with Crippen LogP contribution in [0.2, 0.25) is 9.36 Å². The topological polar surface area (TPSA) is 79.3 Å². The molecule has 2 amide bonds. The van der Waals surface area contributed by atoms with E-state index in [-0.39, 0.29) is 21.0 Å². The van der Waals surface area contributed by atoms with Gasteiger partial charge in [0.15, 0.2) is 5.69 Å². The van der Waals surface area contributed by atoms with E-state index in [0.717, 1.165) is 24.5 Å². The number of anilines is 1. The molecular formula is C15H19Cl2N5O2S.